The van der Waals surface area contributed by atoms with Crippen molar-refractivity contribution in [2.45, 2.75) is 33.6 Å². The van der Waals surface area contributed by atoms with Gasteiger partial charge >= 0.3 is 5.97 Å². The average molecular weight is 277 g/mol. The number of aliphatic carboxylic acids is 1. The van der Waals surface area contributed by atoms with E-state index in [1.807, 2.05) is 39.0 Å². The van der Waals surface area contributed by atoms with Gasteiger partial charge in [0.15, 0.2) is 0 Å². The first-order chi connectivity index (χ1) is 9.45. The van der Waals surface area contributed by atoms with E-state index in [9.17, 15) is 9.59 Å². The summed E-state index contributed by atoms with van der Waals surface area (Å²) in [5, 5.41) is 11.9. The van der Waals surface area contributed by atoms with Crippen LogP contribution in [0.1, 0.15) is 43.1 Å². The largest absolute Gasteiger partial charge is 0.481 e. The highest BCUT2D eigenvalue weighted by atomic mass is 16.4. The van der Waals surface area contributed by atoms with Crippen LogP contribution < -0.4 is 5.32 Å². The van der Waals surface area contributed by atoms with E-state index in [-0.39, 0.29) is 18.4 Å². The Morgan fingerprint density at radius 3 is 2.45 bits per heavy atom. The van der Waals surface area contributed by atoms with Gasteiger partial charge in [-0.05, 0) is 30.4 Å². The number of hydrogen-bond donors (Lipinski definition) is 2. The molecule has 0 radical (unpaired) electrons. The van der Waals surface area contributed by atoms with E-state index in [4.69, 9.17) is 5.11 Å². The van der Waals surface area contributed by atoms with Crippen LogP contribution in [0.25, 0.3) is 0 Å². The molecule has 0 aliphatic rings. The summed E-state index contributed by atoms with van der Waals surface area (Å²) in [6.45, 7) is 6.11. The van der Waals surface area contributed by atoms with Crippen LogP contribution in [0.5, 0.6) is 0 Å². The Hall–Kier alpha value is -1.84. The summed E-state index contributed by atoms with van der Waals surface area (Å²) < 4.78 is 0. The maximum atomic E-state index is 12.1. The molecule has 110 valence electrons. The molecular weight excluding hydrogens is 254 g/mol. The highest BCUT2D eigenvalue weighted by molar-refractivity contribution is 5.95. The monoisotopic (exact) mass is 277 g/mol. The van der Waals surface area contributed by atoms with E-state index in [0.29, 0.717) is 12.0 Å². The van der Waals surface area contributed by atoms with Crippen molar-refractivity contribution in [3.05, 3.63) is 35.4 Å². The zero-order valence-electron chi connectivity index (χ0n) is 12.3. The summed E-state index contributed by atoms with van der Waals surface area (Å²) in [5.74, 6) is -1.30. The molecule has 2 N–H and O–H groups in total. The van der Waals surface area contributed by atoms with Crippen LogP contribution >= 0.6 is 0 Å². The molecule has 0 spiro atoms. The number of rotatable bonds is 7. The summed E-state index contributed by atoms with van der Waals surface area (Å²) >= 11 is 0. The van der Waals surface area contributed by atoms with Gasteiger partial charge in [0.05, 0.1) is 5.92 Å². The topological polar surface area (TPSA) is 66.4 Å². The van der Waals surface area contributed by atoms with Gasteiger partial charge in [0, 0.05) is 12.1 Å². The highest BCUT2D eigenvalue weighted by Crippen LogP contribution is 2.13. The molecule has 4 heteroatoms. The average Bonchev–Trinajstić information content (AvgIpc) is 2.42. The summed E-state index contributed by atoms with van der Waals surface area (Å²) in [6, 6.07) is 7.40. The van der Waals surface area contributed by atoms with E-state index in [1.54, 1.807) is 6.07 Å². The standard InChI is InChI=1S/C16H23NO3/c1-4-12-7-5-6-8-14(12)15(18)17-10-13(16(19)20)9-11(2)3/h5-8,11,13H,4,9-10H2,1-3H3,(H,17,18)(H,19,20). The molecule has 1 aromatic rings. The number of benzene rings is 1. The van der Waals surface area contributed by atoms with Crippen molar-refractivity contribution in [1.82, 2.24) is 5.32 Å². The van der Waals surface area contributed by atoms with Gasteiger partial charge in [-0.25, -0.2) is 0 Å². The molecule has 0 aromatic heterocycles. The quantitative estimate of drug-likeness (QED) is 0.805. The van der Waals surface area contributed by atoms with Crippen molar-refractivity contribution in [2.24, 2.45) is 11.8 Å². The number of carbonyl (C=O) groups excluding carboxylic acids is 1. The van der Waals surface area contributed by atoms with Crippen LogP contribution in [0.15, 0.2) is 24.3 Å². The summed E-state index contributed by atoms with van der Waals surface area (Å²) in [5.41, 5.74) is 1.60. The van der Waals surface area contributed by atoms with E-state index < -0.39 is 11.9 Å². The summed E-state index contributed by atoms with van der Waals surface area (Å²) in [4.78, 5) is 23.3. The third-order valence-corrected chi connectivity index (χ3v) is 3.26. The number of nitrogens with one attached hydrogen (secondary N) is 1. The molecule has 0 bridgehead atoms. The van der Waals surface area contributed by atoms with E-state index in [0.717, 1.165) is 12.0 Å². The number of carbonyl (C=O) groups is 2. The Bertz CT molecular complexity index is 469. The van der Waals surface area contributed by atoms with E-state index in [2.05, 4.69) is 5.32 Å². The molecule has 4 nitrogen and oxygen atoms in total. The molecule has 0 saturated heterocycles. The molecule has 0 aliphatic heterocycles. The minimum atomic E-state index is -0.859. The fourth-order valence-corrected chi connectivity index (χ4v) is 2.20. The van der Waals surface area contributed by atoms with Crippen LogP contribution in [-0.2, 0) is 11.2 Å². The molecule has 1 atom stereocenters. The van der Waals surface area contributed by atoms with Crippen LogP contribution in [-0.4, -0.2) is 23.5 Å². The Morgan fingerprint density at radius 1 is 1.25 bits per heavy atom. The van der Waals surface area contributed by atoms with Gasteiger partial charge in [-0.15, -0.1) is 0 Å². The Morgan fingerprint density at radius 2 is 1.90 bits per heavy atom. The summed E-state index contributed by atoms with van der Waals surface area (Å²) in [7, 11) is 0. The lowest BCUT2D eigenvalue weighted by Crippen LogP contribution is -2.34. The fraction of sp³-hybridized carbons (Fsp3) is 0.500. The van der Waals surface area contributed by atoms with Gasteiger partial charge in [-0.3, -0.25) is 9.59 Å². The van der Waals surface area contributed by atoms with Gasteiger partial charge < -0.3 is 10.4 Å². The Labute approximate surface area is 120 Å². The van der Waals surface area contributed by atoms with E-state index >= 15 is 0 Å². The second kappa shape index (κ2) is 7.68. The van der Waals surface area contributed by atoms with Crippen LogP contribution in [0.3, 0.4) is 0 Å². The third kappa shape index (κ3) is 4.68. The first-order valence-corrected chi connectivity index (χ1v) is 7.04. The Balaban J connectivity index is 2.68. The first kappa shape index (κ1) is 16.2. The predicted octanol–water partition coefficient (Wildman–Crippen LogP) is 2.73. The zero-order chi connectivity index (χ0) is 15.1. The van der Waals surface area contributed by atoms with E-state index in [1.165, 1.54) is 0 Å². The molecule has 1 amide bonds. The molecule has 0 fully saturated rings. The van der Waals surface area contributed by atoms with Crippen molar-refractivity contribution < 1.29 is 14.7 Å². The second-order valence-electron chi connectivity index (χ2n) is 5.39. The number of aryl methyl sites for hydroxylation is 1. The number of carboxylic acid groups (broad SMARTS) is 1. The van der Waals surface area contributed by atoms with Gasteiger partial charge in [-0.2, -0.15) is 0 Å². The molecule has 0 saturated carbocycles. The molecule has 20 heavy (non-hydrogen) atoms. The molecule has 1 aromatic carbocycles. The molecule has 0 aliphatic carbocycles. The number of amides is 1. The summed E-state index contributed by atoms with van der Waals surface area (Å²) in [6.07, 6.45) is 1.34. The normalized spacial score (nSPS) is 12.2. The van der Waals surface area contributed by atoms with Crippen molar-refractivity contribution in [1.29, 1.82) is 0 Å². The smallest absolute Gasteiger partial charge is 0.308 e. The third-order valence-electron chi connectivity index (χ3n) is 3.26. The van der Waals surface area contributed by atoms with Crippen molar-refractivity contribution >= 4 is 11.9 Å². The van der Waals surface area contributed by atoms with Crippen molar-refractivity contribution in [2.75, 3.05) is 6.54 Å². The minimum absolute atomic E-state index is 0.171. The van der Waals surface area contributed by atoms with Crippen LogP contribution in [0.2, 0.25) is 0 Å². The number of hydrogen-bond acceptors (Lipinski definition) is 2. The zero-order valence-corrected chi connectivity index (χ0v) is 12.3. The lowest BCUT2D eigenvalue weighted by molar-refractivity contribution is -0.142. The molecule has 1 rings (SSSR count). The van der Waals surface area contributed by atoms with Gasteiger partial charge in [0.2, 0.25) is 0 Å². The van der Waals surface area contributed by atoms with Gasteiger partial charge in [0.1, 0.15) is 0 Å². The maximum Gasteiger partial charge on any atom is 0.308 e. The molecule has 1 unspecified atom stereocenters. The van der Waals surface area contributed by atoms with Gasteiger partial charge in [0.25, 0.3) is 5.91 Å². The first-order valence-electron chi connectivity index (χ1n) is 7.04. The second-order valence-corrected chi connectivity index (χ2v) is 5.39. The van der Waals surface area contributed by atoms with Crippen molar-refractivity contribution in [3.63, 3.8) is 0 Å². The Kier molecular flexibility index (Phi) is 6.22. The molecule has 0 heterocycles. The highest BCUT2D eigenvalue weighted by Gasteiger charge is 2.20. The lowest BCUT2D eigenvalue weighted by atomic mass is 9.97. The molecular formula is C16H23NO3. The van der Waals surface area contributed by atoms with Gasteiger partial charge in [-0.1, -0.05) is 39.0 Å². The fourth-order valence-electron chi connectivity index (χ4n) is 2.20. The predicted molar refractivity (Wildman–Crippen MR) is 78.7 cm³/mol. The minimum Gasteiger partial charge on any atom is -0.481 e. The number of carboxylic acids is 1. The lowest BCUT2D eigenvalue weighted by Gasteiger charge is -2.16. The SMILES string of the molecule is CCc1ccccc1C(=O)NCC(CC(C)C)C(=O)O. The van der Waals surface area contributed by atoms with Crippen molar-refractivity contribution in [3.8, 4) is 0 Å². The maximum absolute atomic E-state index is 12.1. The van der Waals surface area contributed by atoms with Crippen LogP contribution in [0, 0.1) is 11.8 Å². The van der Waals surface area contributed by atoms with Crippen LogP contribution in [0.4, 0.5) is 0 Å².